The molecule has 1 rings (SSSR count). The Kier molecular flexibility index (Phi) is 5.21. The zero-order valence-electron chi connectivity index (χ0n) is 12.0. The number of nitro benzene ring substituents is 1. The Morgan fingerprint density at radius 1 is 1.45 bits per heavy atom. The van der Waals surface area contributed by atoms with Crippen LogP contribution in [0.4, 0.5) is 5.69 Å². The number of nitro groups is 1. The molecule has 0 aliphatic rings. The van der Waals surface area contributed by atoms with Crippen molar-refractivity contribution in [3.63, 3.8) is 0 Å². The van der Waals surface area contributed by atoms with E-state index in [-0.39, 0.29) is 23.3 Å². The molecule has 0 spiro atoms. The van der Waals surface area contributed by atoms with Gasteiger partial charge in [-0.1, -0.05) is 26.0 Å². The summed E-state index contributed by atoms with van der Waals surface area (Å²) in [5.41, 5.74) is 0.207. The predicted octanol–water partition coefficient (Wildman–Crippen LogP) is 2.04. The van der Waals surface area contributed by atoms with Crippen molar-refractivity contribution in [2.24, 2.45) is 5.41 Å². The van der Waals surface area contributed by atoms with Crippen LogP contribution in [0.5, 0.6) is 0 Å². The Hall–Kier alpha value is -1.95. The SMILES string of the molecule is Cc1cccc([N+](=O)[O-])c1C(=O)NCC(C)(C)CCO. The number of carbonyl (C=O) groups is 1. The van der Waals surface area contributed by atoms with Gasteiger partial charge >= 0.3 is 0 Å². The average Bonchev–Trinajstić information content (AvgIpc) is 2.35. The molecule has 0 atom stereocenters. The van der Waals surface area contributed by atoms with Crippen LogP contribution in [0.1, 0.15) is 36.2 Å². The van der Waals surface area contributed by atoms with Gasteiger partial charge in [0, 0.05) is 19.2 Å². The lowest BCUT2D eigenvalue weighted by atomic mass is 9.89. The highest BCUT2D eigenvalue weighted by Gasteiger charge is 2.24. The van der Waals surface area contributed by atoms with E-state index in [9.17, 15) is 14.9 Å². The third-order valence-corrected chi connectivity index (χ3v) is 3.19. The fraction of sp³-hybridized carbons (Fsp3) is 0.500. The number of hydrogen-bond acceptors (Lipinski definition) is 4. The number of rotatable bonds is 6. The summed E-state index contributed by atoms with van der Waals surface area (Å²) in [6.07, 6.45) is 0.545. The first-order valence-electron chi connectivity index (χ1n) is 6.41. The van der Waals surface area contributed by atoms with Crippen LogP contribution in [0.2, 0.25) is 0 Å². The highest BCUT2D eigenvalue weighted by Crippen LogP contribution is 2.23. The summed E-state index contributed by atoms with van der Waals surface area (Å²) in [7, 11) is 0. The molecule has 0 aliphatic heterocycles. The van der Waals surface area contributed by atoms with Crippen molar-refractivity contribution in [2.45, 2.75) is 27.2 Å². The van der Waals surface area contributed by atoms with E-state index in [0.29, 0.717) is 18.5 Å². The number of nitrogens with zero attached hydrogens (tertiary/aromatic N) is 1. The van der Waals surface area contributed by atoms with E-state index in [1.165, 1.54) is 6.07 Å². The summed E-state index contributed by atoms with van der Waals surface area (Å²) < 4.78 is 0. The Morgan fingerprint density at radius 3 is 2.65 bits per heavy atom. The van der Waals surface area contributed by atoms with Gasteiger partial charge in [-0.2, -0.15) is 0 Å². The number of aliphatic hydroxyl groups is 1. The molecule has 2 N–H and O–H groups in total. The molecule has 1 aromatic rings. The minimum atomic E-state index is -0.555. The van der Waals surface area contributed by atoms with E-state index in [1.54, 1.807) is 19.1 Å². The Labute approximate surface area is 118 Å². The molecule has 6 nitrogen and oxygen atoms in total. The van der Waals surface area contributed by atoms with Crippen molar-refractivity contribution in [3.8, 4) is 0 Å². The van der Waals surface area contributed by atoms with Gasteiger partial charge in [0.15, 0.2) is 0 Å². The van der Waals surface area contributed by atoms with Crippen molar-refractivity contribution in [1.82, 2.24) is 5.32 Å². The van der Waals surface area contributed by atoms with Gasteiger partial charge in [0.2, 0.25) is 0 Å². The molecule has 1 aromatic carbocycles. The average molecular weight is 280 g/mol. The highest BCUT2D eigenvalue weighted by atomic mass is 16.6. The van der Waals surface area contributed by atoms with Gasteiger partial charge in [0.1, 0.15) is 5.56 Å². The van der Waals surface area contributed by atoms with Crippen LogP contribution >= 0.6 is 0 Å². The molecular weight excluding hydrogens is 260 g/mol. The van der Waals surface area contributed by atoms with Gasteiger partial charge in [0.05, 0.1) is 4.92 Å². The summed E-state index contributed by atoms with van der Waals surface area (Å²) in [4.78, 5) is 22.6. The normalized spacial score (nSPS) is 11.2. The van der Waals surface area contributed by atoms with E-state index >= 15 is 0 Å². The first-order chi connectivity index (χ1) is 9.28. The molecule has 0 aromatic heterocycles. The second-order valence-corrected chi connectivity index (χ2v) is 5.55. The zero-order chi connectivity index (χ0) is 15.3. The number of amides is 1. The zero-order valence-corrected chi connectivity index (χ0v) is 12.0. The maximum atomic E-state index is 12.2. The van der Waals surface area contributed by atoms with Crippen LogP contribution in [0.25, 0.3) is 0 Å². The smallest absolute Gasteiger partial charge is 0.282 e. The second kappa shape index (κ2) is 6.47. The molecule has 0 radical (unpaired) electrons. The number of carbonyl (C=O) groups excluding carboxylic acids is 1. The lowest BCUT2D eigenvalue weighted by Gasteiger charge is -2.24. The second-order valence-electron chi connectivity index (χ2n) is 5.55. The van der Waals surface area contributed by atoms with Crippen LogP contribution in [0, 0.1) is 22.5 Å². The largest absolute Gasteiger partial charge is 0.396 e. The standard InChI is InChI=1S/C14H20N2O4/c1-10-5-4-6-11(16(19)20)12(10)13(18)15-9-14(2,3)7-8-17/h4-6,17H,7-9H2,1-3H3,(H,15,18). The van der Waals surface area contributed by atoms with Crippen LogP contribution < -0.4 is 5.32 Å². The molecule has 0 saturated carbocycles. The van der Waals surface area contributed by atoms with Crippen LogP contribution in [0.15, 0.2) is 18.2 Å². The van der Waals surface area contributed by atoms with Crippen molar-refractivity contribution >= 4 is 11.6 Å². The summed E-state index contributed by atoms with van der Waals surface area (Å²) in [5.74, 6) is -0.458. The lowest BCUT2D eigenvalue weighted by molar-refractivity contribution is -0.385. The summed E-state index contributed by atoms with van der Waals surface area (Å²) >= 11 is 0. The fourth-order valence-corrected chi connectivity index (χ4v) is 1.90. The molecular formula is C14H20N2O4. The number of aryl methyl sites for hydroxylation is 1. The van der Waals surface area contributed by atoms with Crippen LogP contribution in [-0.4, -0.2) is 29.1 Å². The molecule has 6 heteroatoms. The summed E-state index contributed by atoms with van der Waals surface area (Å²) in [6, 6.07) is 4.54. The summed E-state index contributed by atoms with van der Waals surface area (Å²) in [5, 5.41) is 22.6. The molecule has 0 saturated heterocycles. The maximum Gasteiger partial charge on any atom is 0.282 e. The first-order valence-corrected chi connectivity index (χ1v) is 6.41. The number of aliphatic hydroxyl groups excluding tert-OH is 1. The van der Waals surface area contributed by atoms with E-state index in [1.807, 2.05) is 13.8 Å². The highest BCUT2D eigenvalue weighted by molar-refractivity contribution is 5.99. The molecule has 0 aliphatic carbocycles. The molecule has 0 unspecified atom stereocenters. The molecule has 20 heavy (non-hydrogen) atoms. The summed E-state index contributed by atoms with van der Waals surface area (Å²) in [6.45, 7) is 5.87. The number of nitrogens with one attached hydrogen (secondary N) is 1. The molecule has 0 bridgehead atoms. The van der Waals surface area contributed by atoms with Crippen molar-refractivity contribution in [3.05, 3.63) is 39.4 Å². The Bertz CT molecular complexity index is 512. The van der Waals surface area contributed by atoms with Crippen molar-refractivity contribution in [1.29, 1.82) is 0 Å². The predicted molar refractivity (Wildman–Crippen MR) is 75.7 cm³/mol. The quantitative estimate of drug-likeness (QED) is 0.616. The Balaban J connectivity index is 2.91. The minimum absolute atomic E-state index is 0.0351. The van der Waals surface area contributed by atoms with Gasteiger partial charge in [-0.05, 0) is 24.3 Å². The van der Waals surface area contributed by atoms with Gasteiger partial charge in [-0.15, -0.1) is 0 Å². The topological polar surface area (TPSA) is 92.5 Å². The van der Waals surface area contributed by atoms with Gasteiger partial charge in [-0.25, -0.2) is 0 Å². The van der Waals surface area contributed by atoms with E-state index < -0.39 is 10.8 Å². The fourth-order valence-electron chi connectivity index (χ4n) is 1.90. The Morgan fingerprint density at radius 2 is 2.10 bits per heavy atom. The first kappa shape index (κ1) is 16.1. The molecule has 0 fully saturated rings. The third kappa shape index (κ3) is 4.03. The maximum absolute atomic E-state index is 12.2. The molecule has 110 valence electrons. The van der Waals surface area contributed by atoms with Gasteiger partial charge in [0.25, 0.3) is 11.6 Å². The molecule has 0 heterocycles. The van der Waals surface area contributed by atoms with Crippen molar-refractivity contribution < 1.29 is 14.8 Å². The molecule has 1 amide bonds. The van der Waals surface area contributed by atoms with E-state index in [2.05, 4.69) is 5.32 Å². The monoisotopic (exact) mass is 280 g/mol. The van der Waals surface area contributed by atoms with E-state index in [0.717, 1.165) is 0 Å². The lowest BCUT2D eigenvalue weighted by Crippen LogP contribution is -2.35. The number of hydrogen-bond donors (Lipinski definition) is 2. The number of benzene rings is 1. The van der Waals surface area contributed by atoms with Gasteiger partial charge in [-0.3, -0.25) is 14.9 Å². The third-order valence-electron chi connectivity index (χ3n) is 3.19. The van der Waals surface area contributed by atoms with E-state index in [4.69, 9.17) is 5.11 Å². The van der Waals surface area contributed by atoms with Crippen LogP contribution in [-0.2, 0) is 0 Å². The minimum Gasteiger partial charge on any atom is -0.396 e. The van der Waals surface area contributed by atoms with Crippen molar-refractivity contribution in [2.75, 3.05) is 13.2 Å². The van der Waals surface area contributed by atoms with Gasteiger partial charge < -0.3 is 10.4 Å². The van der Waals surface area contributed by atoms with Crippen LogP contribution in [0.3, 0.4) is 0 Å².